The molecule has 7 atom stereocenters. The third kappa shape index (κ3) is 5.71. The number of nitro groups is 1. The first-order valence-electron chi connectivity index (χ1n) is 12.8. The van der Waals surface area contributed by atoms with E-state index < -0.39 is 59.0 Å². The molecule has 2 aliphatic rings. The Bertz CT molecular complexity index is 1350. The number of carbonyl (C=O) groups is 2. The van der Waals surface area contributed by atoms with Crippen LogP contribution in [0, 0.1) is 16.0 Å². The van der Waals surface area contributed by atoms with E-state index in [1.807, 2.05) is 0 Å². The highest BCUT2D eigenvalue weighted by atomic mass is 16.6. The molecule has 2 heterocycles. The van der Waals surface area contributed by atoms with Gasteiger partial charge in [0, 0.05) is 35.9 Å². The topological polar surface area (TPSA) is 223 Å². The monoisotopic (exact) mass is 573 g/mol. The Morgan fingerprint density at radius 1 is 1.17 bits per heavy atom. The fourth-order valence-corrected chi connectivity index (χ4v) is 4.94. The average molecular weight is 574 g/mol. The number of carbonyl (C=O) groups excluding carboxylic acids is 2. The van der Waals surface area contributed by atoms with Crippen LogP contribution < -0.4 is 10.2 Å². The first kappa shape index (κ1) is 30.2. The van der Waals surface area contributed by atoms with Crippen molar-refractivity contribution in [2.24, 2.45) is 5.92 Å². The van der Waals surface area contributed by atoms with Crippen molar-refractivity contribution in [1.29, 1.82) is 0 Å². The molecule has 1 fully saturated rings. The molecule has 1 saturated heterocycles. The summed E-state index contributed by atoms with van der Waals surface area (Å²) in [6.45, 7) is 1.36. The van der Waals surface area contributed by atoms with E-state index in [-0.39, 0.29) is 35.8 Å². The molecule has 0 spiro atoms. The predicted octanol–water partition coefficient (Wildman–Crippen LogP) is -0.358. The van der Waals surface area contributed by atoms with Crippen LogP contribution >= 0.6 is 0 Å². The second-order valence-corrected chi connectivity index (χ2v) is 9.95. The number of hydrogen-bond donors (Lipinski definition) is 7. The van der Waals surface area contributed by atoms with E-state index in [9.17, 15) is 45.2 Å². The minimum atomic E-state index is -2.13. The van der Waals surface area contributed by atoms with Gasteiger partial charge in [-0.2, -0.15) is 0 Å². The first-order chi connectivity index (χ1) is 19.4. The van der Waals surface area contributed by atoms with Crippen LogP contribution in [0.15, 0.2) is 54.6 Å². The number of non-ortho nitro benzene ring substituents is 1. The van der Waals surface area contributed by atoms with Gasteiger partial charge in [-0.15, -0.1) is 0 Å². The second-order valence-electron chi connectivity index (χ2n) is 9.95. The van der Waals surface area contributed by atoms with Crippen LogP contribution in [0.25, 0.3) is 0 Å². The molecule has 2 aromatic carbocycles. The maximum absolute atomic E-state index is 13.7. The molecule has 0 radical (unpaired) electrons. The number of benzene rings is 2. The number of fused-ring (bicyclic) bond motifs is 1. The number of amides is 2. The highest BCUT2D eigenvalue weighted by Gasteiger charge is 2.53. The van der Waals surface area contributed by atoms with Gasteiger partial charge in [0.25, 0.3) is 17.5 Å². The Labute approximate surface area is 233 Å². The van der Waals surface area contributed by atoms with Crippen molar-refractivity contribution in [1.82, 2.24) is 0 Å². The molecule has 2 aromatic rings. The van der Waals surface area contributed by atoms with Gasteiger partial charge in [-0.1, -0.05) is 31.2 Å². The number of hydrogen-bond acceptors (Lipinski definition) is 11. The summed E-state index contributed by atoms with van der Waals surface area (Å²) in [6.07, 6.45) is -5.56. The van der Waals surface area contributed by atoms with Crippen LogP contribution in [0.1, 0.15) is 24.5 Å². The van der Waals surface area contributed by atoms with Crippen molar-refractivity contribution in [3.63, 3.8) is 0 Å². The van der Waals surface area contributed by atoms with Crippen molar-refractivity contribution < 1.29 is 49.9 Å². The van der Waals surface area contributed by atoms with Crippen LogP contribution in [0.4, 0.5) is 17.1 Å². The normalized spacial score (nSPS) is 28.5. The van der Waals surface area contributed by atoms with Crippen LogP contribution in [-0.2, 0) is 26.5 Å². The van der Waals surface area contributed by atoms with Gasteiger partial charge >= 0.3 is 0 Å². The molecule has 2 aliphatic heterocycles. The Hall–Kier alpha value is -3.76. The minimum absolute atomic E-state index is 0.0602. The van der Waals surface area contributed by atoms with E-state index in [2.05, 4.69) is 5.32 Å². The van der Waals surface area contributed by atoms with E-state index in [1.54, 1.807) is 31.2 Å². The number of aliphatic hydroxyl groups is 6. The summed E-state index contributed by atoms with van der Waals surface area (Å²) in [7, 11) is 0. The number of ether oxygens (including phenoxy) is 1. The van der Waals surface area contributed by atoms with Crippen LogP contribution in [0.2, 0.25) is 0 Å². The fraction of sp³-hybridized carbons (Fsp3) is 0.407. The summed E-state index contributed by atoms with van der Waals surface area (Å²) < 4.78 is 4.95. The summed E-state index contributed by atoms with van der Waals surface area (Å²) in [5.41, 5.74) is -1.40. The Morgan fingerprint density at radius 2 is 1.90 bits per heavy atom. The van der Waals surface area contributed by atoms with E-state index >= 15 is 0 Å². The number of nitrogens with zero attached hydrogens (tertiary/aromatic N) is 2. The van der Waals surface area contributed by atoms with Gasteiger partial charge in [-0.3, -0.25) is 19.7 Å². The summed E-state index contributed by atoms with van der Waals surface area (Å²) in [5, 5.41) is 74.0. The molecule has 0 saturated carbocycles. The highest BCUT2D eigenvalue weighted by Crippen LogP contribution is 2.47. The third-order valence-electron chi connectivity index (χ3n) is 7.22. The third-order valence-corrected chi connectivity index (χ3v) is 7.22. The van der Waals surface area contributed by atoms with E-state index in [1.165, 1.54) is 29.2 Å². The standard InChI is InChI=1S/C27H31N3O11/c1-14(5-2-3-10-31)27(38)18-12-17(30(39)40)8-9-19(18)29(26(27)37)13-15-6-4-7-16(11-15)28-24(35)23-21(33)20(32)22(34)25(36)41-23/h2,4-9,11-12,14,20-23,25,31-34,36,38H,3,10,13H2,1H3,(H,28,35)/b5-2+/t14-,20-,21-,22+,23-,25+,27+/m0/s1. The molecule has 0 aromatic heterocycles. The number of nitrogens with one attached hydrogen (secondary N) is 1. The lowest BCUT2D eigenvalue weighted by Gasteiger charge is -2.37. The fourth-order valence-electron chi connectivity index (χ4n) is 4.94. The predicted molar refractivity (Wildman–Crippen MR) is 142 cm³/mol. The molecule has 7 N–H and O–H groups in total. The van der Waals surface area contributed by atoms with Gasteiger partial charge in [0.15, 0.2) is 18.0 Å². The molecular formula is C27H31N3O11. The van der Waals surface area contributed by atoms with Crippen LogP contribution in [-0.4, -0.2) is 84.7 Å². The molecule has 41 heavy (non-hydrogen) atoms. The minimum Gasteiger partial charge on any atom is -0.396 e. The summed E-state index contributed by atoms with van der Waals surface area (Å²) in [5.74, 6) is -2.43. The summed E-state index contributed by atoms with van der Waals surface area (Å²) >= 11 is 0. The molecule has 0 aliphatic carbocycles. The van der Waals surface area contributed by atoms with Gasteiger partial charge in [-0.05, 0) is 30.2 Å². The van der Waals surface area contributed by atoms with E-state index in [0.29, 0.717) is 12.0 Å². The highest BCUT2D eigenvalue weighted by molar-refractivity contribution is 6.07. The molecule has 0 unspecified atom stereocenters. The second kappa shape index (κ2) is 12.0. The zero-order valence-electron chi connectivity index (χ0n) is 21.9. The average Bonchev–Trinajstić information content (AvgIpc) is 3.16. The van der Waals surface area contributed by atoms with Crippen LogP contribution in [0.3, 0.4) is 0 Å². The van der Waals surface area contributed by atoms with Gasteiger partial charge < -0.3 is 45.6 Å². The maximum Gasteiger partial charge on any atom is 0.269 e. The lowest BCUT2D eigenvalue weighted by Crippen LogP contribution is -2.60. The van der Waals surface area contributed by atoms with E-state index in [0.717, 1.165) is 6.07 Å². The van der Waals surface area contributed by atoms with Crippen molar-refractivity contribution in [3.05, 3.63) is 75.9 Å². The quantitative estimate of drug-likeness (QED) is 0.117. The van der Waals surface area contributed by atoms with Gasteiger partial charge in [0.2, 0.25) is 0 Å². The van der Waals surface area contributed by atoms with Gasteiger partial charge in [-0.25, -0.2) is 0 Å². The van der Waals surface area contributed by atoms with Crippen molar-refractivity contribution >= 4 is 28.9 Å². The molecule has 4 rings (SSSR count). The molecular weight excluding hydrogens is 542 g/mol. The Kier molecular flexibility index (Phi) is 8.84. The lowest BCUT2D eigenvalue weighted by molar-refractivity contribution is -0.385. The SMILES string of the molecule is C[C@@H](/C=C/CCO)[C@]1(O)C(=O)N(Cc2cccc(NC(=O)[C@H]3O[C@@H](O)[C@H](O)[C@@H](O)[C@@H]3O)c2)c2ccc([N+](=O)[O-])cc21. The lowest BCUT2D eigenvalue weighted by atomic mass is 9.82. The zero-order chi connectivity index (χ0) is 30.1. The van der Waals surface area contributed by atoms with E-state index in [4.69, 9.17) is 9.84 Å². The number of anilines is 2. The Morgan fingerprint density at radius 3 is 2.59 bits per heavy atom. The summed E-state index contributed by atoms with van der Waals surface area (Å²) in [4.78, 5) is 38.5. The maximum atomic E-state index is 13.7. The number of nitro benzene ring substituents is 1. The Balaban J connectivity index is 1.60. The van der Waals surface area contributed by atoms with Crippen LogP contribution in [0.5, 0.6) is 0 Å². The summed E-state index contributed by atoms with van der Waals surface area (Å²) in [6, 6.07) is 10.00. The first-order valence-corrected chi connectivity index (χ1v) is 12.8. The molecule has 14 nitrogen and oxygen atoms in total. The van der Waals surface area contributed by atoms with Gasteiger partial charge in [0.05, 0.1) is 17.2 Å². The molecule has 0 bridgehead atoms. The smallest absolute Gasteiger partial charge is 0.269 e. The van der Waals surface area contributed by atoms with Crippen molar-refractivity contribution in [3.8, 4) is 0 Å². The zero-order valence-corrected chi connectivity index (χ0v) is 21.9. The van der Waals surface area contributed by atoms with Gasteiger partial charge in [0.1, 0.15) is 18.3 Å². The molecule has 220 valence electrons. The largest absolute Gasteiger partial charge is 0.396 e. The van der Waals surface area contributed by atoms with Crippen molar-refractivity contribution in [2.45, 2.75) is 56.2 Å². The number of aliphatic hydroxyl groups excluding tert-OH is 5. The van der Waals surface area contributed by atoms with Crippen molar-refractivity contribution in [2.75, 3.05) is 16.8 Å². The molecule has 2 amide bonds. The number of rotatable bonds is 9. The molecule has 14 heteroatoms.